The molecule has 3 heterocycles. The van der Waals surface area contributed by atoms with Crippen LogP contribution in [0, 0.1) is 11.3 Å². The van der Waals surface area contributed by atoms with Crippen molar-refractivity contribution in [2.24, 2.45) is 0 Å². The Labute approximate surface area is 170 Å². The van der Waals surface area contributed by atoms with Crippen LogP contribution in [0.5, 0.6) is 0 Å². The first-order chi connectivity index (χ1) is 13.7. The van der Waals surface area contributed by atoms with E-state index >= 15 is 0 Å². The molecule has 1 aromatic carbocycles. The highest BCUT2D eigenvalue weighted by atomic mass is 32.2. The Morgan fingerprint density at radius 3 is 3.00 bits per heavy atom. The number of carbonyl (C=O) groups excluding carboxylic acids is 1. The molecule has 0 bridgehead atoms. The van der Waals surface area contributed by atoms with E-state index in [-0.39, 0.29) is 11.5 Å². The molecule has 4 rings (SSSR count). The number of aryl methyl sites for hydroxylation is 1. The highest BCUT2D eigenvalue weighted by Gasteiger charge is 2.16. The fourth-order valence-electron chi connectivity index (χ4n) is 3.03. The van der Waals surface area contributed by atoms with Gasteiger partial charge in [0.25, 0.3) is 0 Å². The first-order valence-electron chi connectivity index (χ1n) is 8.79. The second-order valence-corrected chi connectivity index (χ2v) is 8.17. The number of fused-ring (bicyclic) bond motifs is 1. The predicted molar refractivity (Wildman–Crippen MR) is 111 cm³/mol. The number of aromatic nitrogens is 4. The molecule has 3 aromatic heterocycles. The van der Waals surface area contributed by atoms with Crippen LogP contribution in [-0.4, -0.2) is 31.3 Å². The molecule has 6 nitrogen and oxygen atoms in total. The Balaban J connectivity index is 1.45. The van der Waals surface area contributed by atoms with E-state index in [1.54, 1.807) is 11.3 Å². The number of nitrogens with one attached hydrogen (secondary N) is 1. The van der Waals surface area contributed by atoms with Crippen LogP contribution in [-0.2, 0) is 13.0 Å². The molecule has 140 valence electrons. The molecule has 8 heteroatoms. The number of rotatable bonds is 8. The van der Waals surface area contributed by atoms with Crippen molar-refractivity contribution in [3.63, 3.8) is 0 Å². The summed E-state index contributed by atoms with van der Waals surface area (Å²) >= 11 is 3.01. The van der Waals surface area contributed by atoms with E-state index in [1.807, 2.05) is 46.5 Å². The number of aromatic amines is 1. The summed E-state index contributed by atoms with van der Waals surface area (Å²) in [6, 6.07) is 14.0. The highest BCUT2D eigenvalue weighted by Crippen LogP contribution is 2.24. The smallest absolute Gasteiger partial charge is 0.208 e. The zero-order valence-electron chi connectivity index (χ0n) is 15.0. The zero-order chi connectivity index (χ0) is 19.3. The van der Waals surface area contributed by atoms with E-state index in [4.69, 9.17) is 5.26 Å². The second-order valence-electron chi connectivity index (χ2n) is 6.19. The number of benzene rings is 1. The van der Waals surface area contributed by atoms with E-state index in [0.717, 1.165) is 16.7 Å². The Bertz CT molecular complexity index is 1140. The van der Waals surface area contributed by atoms with Crippen molar-refractivity contribution in [3.8, 4) is 6.07 Å². The number of carbonyl (C=O) groups is 1. The van der Waals surface area contributed by atoms with Gasteiger partial charge in [-0.05, 0) is 17.5 Å². The number of hydrogen-bond donors (Lipinski definition) is 1. The van der Waals surface area contributed by atoms with Crippen LogP contribution in [0.1, 0.15) is 27.5 Å². The van der Waals surface area contributed by atoms with Gasteiger partial charge in [-0.2, -0.15) is 5.26 Å². The van der Waals surface area contributed by atoms with Crippen LogP contribution in [0.25, 0.3) is 10.9 Å². The molecular formula is C20H17N5OS2. The fraction of sp³-hybridized carbons (Fsp3) is 0.200. The van der Waals surface area contributed by atoms with Gasteiger partial charge in [-0.1, -0.05) is 36.0 Å². The minimum Gasteiger partial charge on any atom is -0.346 e. The van der Waals surface area contributed by atoms with Crippen LogP contribution < -0.4 is 0 Å². The molecule has 0 radical (unpaired) electrons. The van der Waals surface area contributed by atoms with E-state index in [1.165, 1.54) is 16.6 Å². The topological polar surface area (TPSA) is 87.4 Å². The van der Waals surface area contributed by atoms with Crippen LogP contribution in [0.2, 0.25) is 0 Å². The number of Topliss-reactive ketones (excluding diaryl/α,β-unsaturated/α-hetero) is 1. The molecule has 0 amide bonds. The van der Waals surface area contributed by atoms with Gasteiger partial charge in [-0.3, -0.25) is 9.89 Å². The quantitative estimate of drug-likeness (QED) is 0.347. The SMILES string of the molecule is N#CCCn1cc(C(=O)CSc2n[nH]c(Cc3cccs3)n2)c2ccccc21. The molecule has 0 saturated carbocycles. The number of H-pyrrole nitrogens is 1. The molecule has 0 atom stereocenters. The third kappa shape index (κ3) is 4.01. The van der Waals surface area contributed by atoms with Gasteiger partial charge in [0.1, 0.15) is 5.82 Å². The summed E-state index contributed by atoms with van der Waals surface area (Å²) in [5.41, 5.74) is 1.65. The number of hydrogen-bond acceptors (Lipinski definition) is 6. The number of nitriles is 1. The van der Waals surface area contributed by atoms with E-state index in [2.05, 4.69) is 27.3 Å². The molecule has 0 aliphatic carbocycles. The summed E-state index contributed by atoms with van der Waals surface area (Å²) in [5.74, 6) is 1.09. The van der Waals surface area contributed by atoms with Crippen LogP contribution in [0.3, 0.4) is 0 Å². The highest BCUT2D eigenvalue weighted by molar-refractivity contribution is 7.99. The maximum Gasteiger partial charge on any atom is 0.208 e. The van der Waals surface area contributed by atoms with Gasteiger partial charge in [0.15, 0.2) is 5.78 Å². The lowest BCUT2D eigenvalue weighted by atomic mass is 10.1. The van der Waals surface area contributed by atoms with Crippen LogP contribution in [0.15, 0.2) is 53.1 Å². The summed E-state index contributed by atoms with van der Waals surface area (Å²) in [4.78, 5) is 18.5. The minimum atomic E-state index is 0.0292. The summed E-state index contributed by atoms with van der Waals surface area (Å²) in [5, 5.41) is 19.5. The predicted octanol–water partition coefficient (Wildman–Crippen LogP) is 4.30. The van der Waals surface area contributed by atoms with Crippen molar-refractivity contribution in [3.05, 3.63) is 64.2 Å². The lowest BCUT2D eigenvalue weighted by Crippen LogP contribution is -2.02. The van der Waals surface area contributed by atoms with E-state index in [9.17, 15) is 4.79 Å². The van der Waals surface area contributed by atoms with Crippen LogP contribution >= 0.6 is 23.1 Å². The maximum absolute atomic E-state index is 12.8. The zero-order valence-corrected chi connectivity index (χ0v) is 16.6. The first-order valence-corrected chi connectivity index (χ1v) is 10.7. The molecule has 4 aromatic rings. The molecule has 0 aliphatic heterocycles. The van der Waals surface area contributed by atoms with Crippen molar-refractivity contribution in [1.82, 2.24) is 19.7 Å². The average Bonchev–Trinajstić information content (AvgIpc) is 3.45. The van der Waals surface area contributed by atoms with Gasteiger partial charge in [0.05, 0.1) is 18.2 Å². The Kier molecular flexibility index (Phi) is 5.55. The van der Waals surface area contributed by atoms with Gasteiger partial charge in [0, 0.05) is 40.5 Å². The minimum absolute atomic E-state index is 0.0292. The summed E-state index contributed by atoms with van der Waals surface area (Å²) < 4.78 is 1.97. The number of para-hydroxylation sites is 1. The molecular weight excluding hydrogens is 390 g/mol. The lowest BCUT2D eigenvalue weighted by Gasteiger charge is -2.00. The average molecular weight is 408 g/mol. The summed E-state index contributed by atoms with van der Waals surface area (Å²) in [6.45, 7) is 0.574. The number of nitrogens with zero attached hydrogens (tertiary/aromatic N) is 4. The molecule has 0 unspecified atom stereocenters. The third-order valence-corrected chi connectivity index (χ3v) is 6.04. The fourth-order valence-corrected chi connectivity index (χ4v) is 4.44. The van der Waals surface area contributed by atoms with E-state index in [0.29, 0.717) is 30.1 Å². The largest absolute Gasteiger partial charge is 0.346 e. The monoisotopic (exact) mass is 407 g/mol. The molecule has 0 aliphatic rings. The number of ketones is 1. The molecule has 0 spiro atoms. The summed E-state index contributed by atoms with van der Waals surface area (Å²) in [6.07, 6.45) is 2.97. The standard InChI is InChI=1S/C20H17N5OS2/c21-8-4-9-25-12-16(15-6-1-2-7-17(15)25)18(26)13-28-20-22-19(23-24-20)11-14-5-3-10-27-14/h1-3,5-7,10,12H,4,9,11,13H2,(H,22,23,24). The molecule has 0 saturated heterocycles. The normalized spacial score (nSPS) is 11.0. The number of thioether (sulfide) groups is 1. The van der Waals surface area contributed by atoms with Crippen molar-refractivity contribution in [1.29, 1.82) is 5.26 Å². The van der Waals surface area contributed by atoms with Crippen molar-refractivity contribution < 1.29 is 4.79 Å². The maximum atomic E-state index is 12.8. The van der Waals surface area contributed by atoms with Crippen molar-refractivity contribution in [2.45, 2.75) is 24.5 Å². The van der Waals surface area contributed by atoms with Crippen molar-refractivity contribution in [2.75, 3.05) is 5.75 Å². The first kappa shape index (κ1) is 18.5. The molecule has 1 N–H and O–H groups in total. The van der Waals surface area contributed by atoms with Crippen LogP contribution in [0.4, 0.5) is 0 Å². The molecule has 28 heavy (non-hydrogen) atoms. The van der Waals surface area contributed by atoms with E-state index < -0.39 is 0 Å². The Morgan fingerprint density at radius 2 is 2.18 bits per heavy atom. The summed E-state index contributed by atoms with van der Waals surface area (Å²) in [7, 11) is 0. The molecule has 0 fully saturated rings. The van der Waals surface area contributed by atoms with Crippen molar-refractivity contribution >= 4 is 39.8 Å². The second kappa shape index (κ2) is 8.42. The van der Waals surface area contributed by atoms with Gasteiger partial charge in [0.2, 0.25) is 5.16 Å². The van der Waals surface area contributed by atoms with Gasteiger partial charge < -0.3 is 4.57 Å². The lowest BCUT2D eigenvalue weighted by molar-refractivity contribution is 0.102. The Morgan fingerprint density at radius 1 is 1.29 bits per heavy atom. The number of thiophene rings is 1. The van der Waals surface area contributed by atoms with Gasteiger partial charge in [-0.25, -0.2) is 4.98 Å². The third-order valence-electron chi connectivity index (χ3n) is 4.32. The van der Waals surface area contributed by atoms with Gasteiger partial charge in [-0.15, -0.1) is 16.4 Å². The Hall–Kier alpha value is -2.89. The van der Waals surface area contributed by atoms with Gasteiger partial charge >= 0.3 is 0 Å².